The van der Waals surface area contributed by atoms with Crippen LogP contribution in [0.25, 0.3) is 0 Å². The normalized spacial score (nSPS) is 10.1. The molecule has 7 heteroatoms. The second-order valence-electron chi connectivity index (χ2n) is 3.13. The van der Waals surface area contributed by atoms with E-state index >= 15 is 0 Å². The molecule has 0 aliphatic rings. The number of hydrogen-bond acceptors (Lipinski definition) is 5. The molecule has 0 saturated carbocycles. The molecule has 1 rings (SSSR count). The fraction of sp³-hybridized carbons (Fsp3) is 0.333. The third-order valence-electron chi connectivity index (χ3n) is 1.99. The second kappa shape index (κ2) is 5.64. The lowest BCUT2D eigenvalue weighted by Crippen LogP contribution is -2.30. The molecule has 0 heterocycles. The van der Waals surface area contributed by atoms with Gasteiger partial charge in [-0.1, -0.05) is 18.2 Å². The van der Waals surface area contributed by atoms with Crippen LogP contribution in [0.15, 0.2) is 30.3 Å². The van der Waals surface area contributed by atoms with E-state index in [0.29, 0.717) is 0 Å². The van der Waals surface area contributed by atoms with Crippen LogP contribution in [0.5, 0.6) is 0 Å². The summed E-state index contributed by atoms with van der Waals surface area (Å²) in [4.78, 5) is 18.9. The monoisotopic (exact) mass is 225 g/mol. The topological polar surface area (TPSA) is 98.3 Å². The van der Waals surface area contributed by atoms with Crippen molar-refractivity contribution in [3.8, 4) is 0 Å². The van der Waals surface area contributed by atoms with E-state index in [1.165, 1.54) is 0 Å². The van der Waals surface area contributed by atoms with Crippen molar-refractivity contribution in [2.45, 2.75) is 12.6 Å². The van der Waals surface area contributed by atoms with Crippen LogP contribution >= 0.6 is 0 Å². The van der Waals surface area contributed by atoms with Gasteiger partial charge in [0, 0.05) is 12.2 Å². The molecule has 0 bridgehead atoms. The minimum Gasteiger partial charge on any atom is -0.384 e. The van der Waals surface area contributed by atoms with E-state index in [0.717, 1.165) is 5.69 Å². The van der Waals surface area contributed by atoms with E-state index in [4.69, 9.17) is 0 Å². The van der Waals surface area contributed by atoms with Crippen LogP contribution in [0.3, 0.4) is 0 Å². The first-order valence-electron chi connectivity index (χ1n) is 4.67. The Labute approximate surface area is 91.4 Å². The van der Waals surface area contributed by atoms with Crippen LogP contribution in [-0.4, -0.2) is 22.6 Å². The van der Waals surface area contributed by atoms with Crippen LogP contribution in [0.1, 0.15) is 6.42 Å². The minimum atomic E-state index is -1.74. The Balaban J connectivity index is 2.40. The molecule has 0 spiro atoms. The van der Waals surface area contributed by atoms with Crippen molar-refractivity contribution >= 4 is 5.69 Å². The summed E-state index contributed by atoms with van der Waals surface area (Å²) in [5, 5.41) is 23.5. The molecule has 0 atom stereocenters. The van der Waals surface area contributed by atoms with Crippen molar-refractivity contribution in [3.63, 3.8) is 0 Å². The molecule has 0 aromatic heterocycles. The summed E-state index contributed by atoms with van der Waals surface area (Å²) in [5.41, 5.74) is 0.785. The summed E-state index contributed by atoms with van der Waals surface area (Å²) in [6, 6.07) is 9.02. The second-order valence-corrected chi connectivity index (χ2v) is 3.13. The number of rotatable bonds is 6. The van der Waals surface area contributed by atoms with Gasteiger partial charge in [-0.05, 0) is 12.1 Å². The lowest BCUT2D eigenvalue weighted by molar-refractivity contribution is -0.742. The van der Waals surface area contributed by atoms with Gasteiger partial charge < -0.3 is 5.32 Å². The maximum absolute atomic E-state index is 10.3. The Morgan fingerprint density at radius 1 is 1.12 bits per heavy atom. The van der Waals surface area contributed by atoms with Gasteiger partial charge in [-0.2, -0.15) is 0 Å². The SMILES string of the molecule is O=[N+]([O-])C(CCNc1ccccc1)[N+](=O)[O-]. The Bertz CT molecular complexity index is 354. The van der Waals surface area contributed by atoms with E-state index < -0.39 is 16.0 Å². The number of hydrogen-bond donors (Lipinski definition) is 1. The Morgan fingerprint density at radius 3 is 2.19 bits per heavy atom. The van der Waals surface area contributed by atoms with Crippen LogP contribution in [0.4, 0.5) is 5.69 Å². The average molecular weight is 225 g/mol. The molecule has 0 aliphatic carbocycles. The van der Waals surface area contributed by atoms with Crippen molar-refractivity contribution in [3.05, 3.63) is 50.6 Å². The first-order valence-corrected chi connectivity index (χ1v) is 4.67. The third kappa shape index (κ3) is 3.52. The zero-order valence-corrected chi connectivity index (χ0v) is 8.41. The van der Waals surface area contributed by atoms with E-state index in [-0.39, 0.29) is 13.0 Å². The molecule has 0 fully saturated rings. The first kappa shape index (κ1) is 11.9. The van der Waals surface area contributed by atoms with Gasteiger partial charge in [0.2, 0.25) is 0 Å². The van der Waals surface area contributed by atoms with Crippen molar-refractivity contribution in [1.82, 2.24) is 0 Å². The molecule has 0 unspecified atom stereocenters. The van der Waals surface area contributed by atoms with Gasteiger partial charge in [-0.3, -0.25) is 20.2 Å². The third-order valence-corrected chi connectivity index (χ3v) is 1.99. The van der Waals surface area contributed by atoms with E-state index in [2.05, 4.69) is 5.32 Å². The number of nitrogens with one attached hydrogen (secondary N) is 1. The fourth-order valence-electron chi connectivity index (χ4n) is 1.19. The Morgan fingerprint density at radius 2 is 1.69 bits per heavy atom. The van der Waals surface area contributed by atoms with Gasteiger partial charge in [0.15, 0.2) is 0 Å². The molecule has 1 aromatic rings. The molecule has 0 radical (unpaired) electrons. The smallest absolute Gasteiger partial charge is 0.384 e. The maximum Gasteiger partial charge on any atom is 0.452 e. The molecular weight excluding hydrogens is 214 g/mol. The lowest BCUT2D eigenvalue weighted by Gasteiger charge is -2.05. The van der Waals surface area contributed by atoms with Crippen LogP contribution in [-0.2, 0) is 0 Å². The molecule has 0 saturated heterocycles. The standard InChI is InChI=1S/C9H11N3O4/c13-11(14)9(12(15)16)6-7-10-8-4-2-1-3-5-8/h1-5,9-10H,6-7H2. The molecule has 86 valence electrons. The molecule has 16 heavy (non-hydrogen) atoms. The summed E-state index contributed by atoms with van der Waals surface area (Å²) in [6.07, 6.45) is -1.88. The molecule has 0 amide bonds. The highest BCUT2D eigenvalue weighted by molar-refractivity contribution is 5.42. The zero-order chi connectivity index (χ0) is 12.0. The van der Waals surface area contributed by atoms with Gasteiger partial charge in [0.05, 0.1) is 9.85 Å². The predicted octanol–water partition coefficient (Wildman–Crippen LogP) is 1.37. The highest BCUT2D eigenvalue weighted by Crippen LogP contribution is 2.06. The number of anilines is 1. The van der Waals surface area contributed by atoms with Gasteiger partial charge in [0.1, 0.15) is 6.42 Å². The molecule has 7 nitrogen and oxygen atoms in total. The Kier molecular flexibility index (Phi) is 4.19. The fourth-order valence-corrected chi connectivity index (χ4v) is 1.19. The van der Waals surface area contributed by atoms with Crippen molar-refractivity contribution < 1.29 is 9.85 Å². The van der Waals surface area contributed by atoms with Crippen molar-refractivity contribution in [2.75, 3.05) is 11.9 Å². The highest BCUT2D eigenvalue weighted by Gasteiger charge is 2.30. The average Bonchev–Trinajstić information content (AvgIpc) is 2.24. The van der Waals surface area contributed by atoms with Crippen LogP contribution in [0.2, 0.25) is 0 Å². The van der Waals surface area contributed by atoms with E-state index in [1.54, 1.807) is 24.3 Å². The van der Waals surface area contributed by atoms with Crippen molar-refractivity contribution in [1.29, 1.82) is 0 Å². The summed E-state index contributed by atoms with van der Waals surface area (Å²) >= 11 is 0. The largest absolute Gasteiger partial charge is 0.452 e. The van der Waals surface area contributed by atoms with Gasteiger partial charge in [-0.15, -0.1) is 0 Å². The minimum absolute atomic E-state index is 0.144. The number of para-hydroxylation sites is 1. The van der Waals surface area contributed by atoms with Gasteiger partial charge in [0.25, 0.3) is 0 Å². The molecule has 1 aromatic carbocycles. The summed E-state index contributed by atoms with van der Waals surface area (Å²) in [7, 11) is 0. The molecule has 1 N–H and O–H groups in total. The first-order chi connectivity index (χ1) is 7.61. The zero-order valence-electron chi connectivity index (χ0n) is 8.41. The molecular formula is C9H11N3O4. The van der Waals surface area contributed by atoms with Crippen LogP contribution in [0, 0.1) is 20.2 Å². The number of benzene rings is 1. The molecule has 0 aliphatic heterocycles. The summed E-state index contributed by atoms with van der Waals surface area (Å²) in [6.45, 7) is 0.191. The number of nitrogens with zero attached hydrogens (tertiary/aromatic N) is 2. The lowest BCUT2D eigenvalue weighted by atomic mass is 10.3. The maximum atomic E-state index is 10.3. The summed E-state index contributed by atoms with van der Waals surface area (Å²) < 4.78 is 0. The predicted molar refractivity (Wildman–Crippen MR) is 57.3 cm³/mol. The number of nitro groups is 2. The Hall–Kier alpha value is -2.18. The quantitative estimate of drug-likeness (QED) is 0.447. The van der Waals surface area contributed by atoms with E-state index in [1.807, 2.05) is 6.07 Å². The van der Waals surface area contributed by atoms with Crippen molar-refractivity contribution in [2.24, 2.45) is 0 Å². The van der Waals surface area contributed by atoms with Gasteiger partial charge in [-0.25, -0.2) is 0 Å². The van der Waals surface area contributed by atoms with E-state index in [9.17, 15) is 20.2 Å². The highest BCUT2D eigenvalue weighted by atomic mass is 16.7. The van der Waals surface area contributed by atoms with Gasteiger partial charge >= 0.3 is 6.17 Å². The van der Waals surface area contributed by atoms with Crippen LogP contribution < -0.4 is 5.32 Å². The summed E-state index contributed by atoms with van der Waals surface area (Å²) in [5.74, 6) is 0.